The summed E-state index contributed by atoms with van der Waals surface area (Å²) in [4.78, 5) is 0. The molecule has 0 radical (unpaired) electrons. The third kappa shape index (κ3) is 5.13. The smallest absolute Gasteiger partial charge is 0.123 e. The van der Waals surface area contributed by atoms with E-state index in [9.17, 15) is 4.39 Å². The summed E-state index contributed by atoms with van der Waals surface area (Å²) < 4.78 is 12.8. The van der Waals surface area contributed by atoms with Gasteiger partial charge in [0.1, 0.15) is 5.82 Å². The van der Waals surface area contributed by atoms with E-state index in [1.54, 1.807) is 0 Å². The summed E-state index contributed by atoms with van der Waals surface area (Å²) in [5.74, 6) is 1.05. The Balaban J connectivity index is 2.60. The van der Waals surface area contributed by atoms with Crippen LogP contribution in [0.4, 0.5) is 4.39 Å². The molecule has 3 heteroatoms. The molecule has 16 heavy (non-hydrogen) atoms. The standard InChI is InChI=1S/C13H20ClFSi/c1-16(2,3)10-12(9-14)8-11-4-6-13(15)7-5-11/h4-7,12H,8-10H2,1-3H3. The molecular formula is C13H20ClFSi. The van der Waals surface area contributed by atoms with Crippen molar-refractivity contribution in [1.29, 1.82) is 0 Å². The lowest BCUT2D eigenvalue weighted by molar-refractivity contribution is 0.619. The Morgan fingerprint density at radius 2 is 1.75 bits per heavy atom. The van der Waals surface area contributed by atoms with Crippen LogP contribution in [0.3, 0.4) is 0 Å². The van der Waals surface area contributed by atoms with E-state index < -0.39 is 8.07 Å². The maximum absolute atomic E-state index is 12.8. The van der Waals surface area contributed by atoms with Gasteiger partial charge in [-0.3, -0.25) is 0 Å². The van der Waals surface area contributed by atoms with Crippen molar-refractivity contribution < 1.29 is 4.39 Å². The van der Waals surface area contributed by atoms with Crippen molar-refractivity contribution in [3.63, 3.8) is 0 Å². The van der Waals surface area contributed by atoms with Crippen LogP contribution in [0, 0.1) is 11.7 Å². The van der Waals surface area contributed by atoms with Gasteiger partial charge in [0.25, 0.3) is 0 Å². The molecule has 0 heterocycles. The Morgan fingerprint density at radius 3 is 2.19 bits per heavy atom. The number of halogens is 2. The highest BCUT2D eigenvalue weighted by Gasteiger charge is 2.20. The van der Waals surface area contributed by atoms with E-state index in [4.69, 9.17) is 11.6 Å². The van der Waals surface area contributed by atoms with Crippen LogP contribution in [0.2, 0.25) is 25.7 Å². The van der Waals surface area contributed by atoms with Gasteiger partial charge < -0.3 is 0 Å². The second-order valence-corrected chi connectivity index (χ2v) is 11.5. The first-order chi connectivity index (χ1) is 7.40. The Bertz CT molecular complexity index is 316. The van der Waals surface area contributed by atoms with Gasteiger partial charge >= 0.3 is 0 Å². The summed E-state index contributed by atoms with van der Waals surface area (Å²) in [5, 5.41) is 0. The summed E-state index contributed by atoms with van der Waals surface area (Å²) >= 11 is 6.00. The quantitative estimate of drug-likeness (QED) is 0.537. The lowest BCUT2D eigenvalue weighted by Gasteiger charge is -2.22. The predicted octanol–water partition coefficient (Wildman–Crippen LogP) is 4.56. The summed E-state index contributed by atoms with van der Waals surface area (Å²) in [6.07, 6.45) is 0.966. The molecule has 0 aliphatic carbocycles. The molecule has 0 nitrogen and oxygen atoms in total. The van der Waals surface area contributed by atoms with Crippen LogP contribution in [0.5, 0.6) is 0 Å². The van der Waals surface area contributed by atoms with Crippen LogP contribution in [0.15, 0.2) is 24.3 Å². The van der Waals surface area contributed by atoms with Gasteiger partial charge in [0.2, 0.25) is 0 Å². The highest BCUT2D eigenvalue weighted by Crippen LogP contribution is 2.22. The van der Waals surface area contributed by atoms with Crippen molar-refractivity contribution in [2.24, 2.45) is 5.92 Å². The van der Waals surface area contributed by atoms with Crippen molar-refractivity contribution in [1.82, 2.24) is 0 Å². The van der Waals surface area contributed by atoms with Gasteiger partial charge in [0.15, 0.2) is 0 Å². The Hall–Kier alpha value is -0.343. The number of hydrogen-bond acceptors (Lipinski definition) is 0. The predicted molar refractivity (Wildman–Crippen MR) is 72.5 cm³/mol. The van der Waals surface area contributed by atoms with Crippen LogP contribution in [-0.4, -0.2) is 14.0 Å². The molecule has 1 atom stereocenters. The van der Waals surface area contributed by atoms with Gasteiger partial charge in [0, 0.05) is 14.0 Å². The number of benzene rings is 1. The third-order valence-electron chi connectivity index (χ3n) is 2.56. The first kappa shape index (κ1) is 13.7. The Morgan fingerprint density at radius 1 is 1.19 bits per heavy atom. The van der Waals surface area contributed by atoms with E-state index in [1.165, 1.54) is 23.7 Å². The summed E-state index contributed by atoms with van der Waals surface area (Å²) in [7, 11) is -1.06. The zero-order chi connectivity index (χ0) is 12.2. The maximum Gasteiger partial charge on any atom is 0.123 e. The van der Waals surface area contributed by atoms with Crippen molar-refractivity contribution in [2.75, 3.05) is 5.88 Å². The zero-order valence-corrected chi connectivity index (χ0v) is 12.0. The van der Waals surface area contributed by atoms with E-state index in [2.05, 4.69) is 19.6 Å². The maximum atomic E-state index is 12.8. The normalized spacial score (nSPS) is 13.8. The minimum Gasteiger partial charge on any atom is -0.207 e. The molecule has 0 fully saturated rings. The Kier molecular flexibility index (Phi) is 5.00. The molecule has 90 valence electrons. The first-order valence-electron chi connectivity index (χ1n) is 5.71. The van der Waals surface area contributed by atoms with Gasteiger partial charge in [-0.2, -0.15) is 0 Å². The third-order valence-corrected chi connectivity index (χ3v) is 4.80. The SMILES string of the molecule is C[Si](C)(C)CC(CCl)Cc1ccc(F)cc1. The van der Waals surface area contributed by atoms with E-state index >= 15 is 0 Å². The van der Waals surface area contributed by atoms with Crippen LogP contribution < -0.4 is 0 Å². The van der Waals surface area contributed by atoms with Crippen LogP contribution in [-0.2, 0) is 6.42 Å². The van der Waals surface area contributed by atoms with Gasteiger partial charge in [0.05, 0.1) is 0 Å². The minimum atomic E-state index is -1.06. The highest BCUT2D eigenvalue weighted by atomic mass is 35.5. The lowest BCUT2D eigenvalue weighted by atomic mass is 10.0. The summed E-state index contributed by atoms with van der Waals surface area (Å²) in [5.41, 5.74) is 1.19. The van der Waals surface area contributed by atoms with Crippen LogP contribution in [0.1, 0.15) is 5.56 Å². The molecule has 0 bridgehead atoms. The number of alkyl halides is 1. The molecule has 1 unspecified atom stereocenters. The molecular weight excluding hydrogens is 239 g/mol. The molecule has 0 saturated carbocycles. The second kappa shape index (κ2) is 5.83. The molecule has 0 aliphatic rings. The number of hydrogen-bond donors (Lipinski definition) is 0. The first-order valence-corrected chi connectivity index (χ1v) is 9.95. The summed E-state index contributed by atoms with van der Waals surface area (Å²) in [6, 6.07) is 8.00. The fourth-order valence-electron chi connectivity index (χ4n) is 2.00. The fraction of sp³-hybridized carbons (Fsp3) is 0.538. The topological polar surface area (TPSA) is 0 Å². The largest absolute Gasteiger partial charge is 0.207 e. The van der Waals surface area contributed by atoms with Crippen LogP contribution >= 0.6 is 11.6 Å². The van der Waals surface area contributed by atoms with Crippen molar-refractivity contribution in [3.05, 3.63) is 35.6 Å². The monoisotopic (exact) mass is 258 g/mol. The van der Waals surface area contributed by atoms with Gasteiger partial charge in [-0.1, -0.05) is 37.8 Å². The summed E-state index contributed by atoms with van der Waals surface area (Å²) in [6.45, 7) is 7.08. The molecule has 0 amide bonds. The van der Waals surface area contributed by atoms with E-state index in [-0.39, 0.29) is 5.82 Å². The molecule has 0 aliphatic heterocycles. The molecule has 0 N–H and O–H groups in total. The van der Waals surface area contributed by atoms with Gasteiger partial charge in [-0.25, -0.2) is 4.39 Å². The molecule has 1 aromatic carbocycles. The van der Waals surface area contributed by atoms with Crippen molar-refractivity contribution in [2.45, 2.75) is 32.1 Å². The number of rotatable bonds is 5. The van der Waals surface area contributed by atoms with Gasteiger partial charge in [-0.05, 0) is 30.0 Å². The second-order valence-electron chi connectivity index (χ2n) is 5.62. The molecule has 1 aromatic rings. The molecule has 0 spiro atoms. The molecule has 0 aromatic heterocycles. The Labute approximate surface area is 104 Å². The zero-order valence-electron chi connectivity index (χ0n) is 10.3. The average Bonchev–Trinajstić information content (AvgIpc) is 2.18. The van der Waals surface area contributed by atoms with Crippen LogP contribution in [0.25, 0.3) is 0 Å². The molecule has 1 rings (SSSR count). The lowest BCUT2D eigenvalue weighted by Crippen LogP contribution is -2.25. The van der Waals surface area contributed by atoms with E-state index in [0.717, 1.165) is 6.42 Å². The van der Waals surface area contributed by atoms with Gasteiger partial charge in [-0.15, -0.1) is 11.6 Å². The van der Waals surface area contributed by atoms with Crippen molar-refractivity contribution >= 4 is 19.7 Å². The van der Waals surface area contributed by atoms with E-state index in [0.29, 0.717) is 11.8 Å². The van der Waals surface area contributed by atoms with E-state index in [1.807, 2.05) is 12.1 Å². The highest BCUT2D eigenvalue weighted by molar-refractivity contribution is 6.76. The molecule has 0 saturated heterocycles. The minimum absolute atomic E-state index is 0.170. The average molecular weight is 259 g/mol. The fourth-order valence-corrected chi connectivity index (χ4v) is 4.42. The van der Waals surface area contributed by atoms with Crippen molar-refractivity contribution in [3.8, 4) is 0 Å².